The summed E-state index contributed by atoms with van der Waals surface area (Å²) in [4.78, 5) is 22.0. The average molecular weight is 369 g/mol. The molecular formula is C20H23N3O4. The topological polar surface area (TPSA) is 76.7 Å². The molecule has 0 saturated carbocycles. The number of hydrogen-bond donors (Lipinski definition) is 1. The van der Waals surface area contributed by atoms with Gasteiger partial charge < -0.3 is 19.2 Å². The van der Waals surface area contributed by atoms with E-state index in [0.717, 1.165) is 11.3 Å². The Morgan fingerprint density at radius 2 is 1.74 bits per heavy atom. The summed E-state index contributed by atoms with van der Waals surface area (Å²) in [5.41, 5.74) is 1.48. The number of hydrogen-bond acceptors (Lipinski definition) is 6. The Morgan fingerprint density at radius 1 is 1.00 bits per heavy atom. The van der Waals surface area contributed by atoms with Crippen molar-refractivity contribution in [3.05, 3.63) is 58.1 Å². The van der Waals surface area contributed by atoms with Crippen LogP contribution in [0.1, 0.15) is 11.4 Å². The molecule has 0 atom stereocenters. The third kappa shape index (κ3) is 4.20. The van der Waals surface area contributed by atoms with Gasteiger partial charge in [0, 0.05) is 12.6 Å². The minimum atomic E-state index is -0.203. The number of aromatic nitrogens is 2. The Bertz CT molecular complexity index is 1000. The SMILES string of the molecule is COc1cccc(CN(C)Cc2nc3cc(OC)c(OC)cc3c(=O)[nH]2)c1. The summed E-state index contributed by atoms with van der Waals surface area (Å²) >= 11 is 0. The highest BCUT2D eigenvalue weighted by atomic mass is 16.5. The normalized spacial score (nSPS) is 11.0. The molecule has 0 amide bonds. The molecule has 0 spiro atoms. The molecule has 142 valence electrons. The number of H-pyrrole nitrogens is 1. The number of fused-ring (bicyclic) bond motifs is 1. The molecule has 0 aliphatic carbocycles. The maximum absolute atomic E-state index is 12.5. The molecule has 1 N–H and O–H groups in total. The number of benzene rings is 2. The first kappa shape index (κ1) is 18.7. The second-order valence-electron chi connectivity index (χ2n) is 6.26. The van der Waals surface area contributed by atoms with Crippen molar-refractivity contribution in [3.63, 3.8) is 0 Å². The summed E-state index contributed by atoms with van der Waals surface area (Å²) in [5.74, 6) is 2.45. The van der Waals surface area contributed by atoms with Crippen LogP contribution in [0.4, 0.5) is 0 Å². The molecule has 0 unspecified atom stereocenters. The van der Waals surface area contributed by atoms with Crippen LogP contribution in [-0.2, 0) is 13.1 Å². The van der Waals surface area contributed by atoms with E-state index < -0.39 is 0 Å². The van der Waals surface area contributed by atoms with Crippen molar-refractivity contribution in [2.24, 2.45) is 0 Å². The Kier molecular flexibility index (Phi) is 5.61. The van der Waals surface area contributed by atoms with Gasteiger partial charge in [0.1, 0.15) is 11.6 Å². The summed E-state index contributed by atoms with van der Waals surface area (Å²) in [6.45, 7) is 1.20. The van der Waals surface area contributed by atoms with Crippen LogP contribution in [0.2, 0.25) is 0 Å². The van der Waals surface area contributed by atoms with E-state index in [9.17, 15) is 4.79 Å². The fraction of sp³-hybridized carbons (Fsp3) is 0.300. The van der Waals surface area contributed by atoms with Gasteiger partial charge in [0.2, 0.25) is 0 Å². The zero-order chi connectivity index (χ0) is 19.4. The van der Waals surface area contributed by atoms with Gasteiger partial charge in [0.05, 0.1) is 38.8 Å². The third-order valence-corrected chi connectivity index (χ3v) is 4.27. The van der Waals surface area contributed by atoms with Crippen LogP contribution in [0.25, 0.3) is 10.9 Å². The first-order valence-corrected chi connectivity index (χ1v) is 8.50. The second kappa shape index (κ2) is 8.09. The van der Waals surface area contributed by atoms with Crippen LogP contribution >= 0.6 is 0 Å². The first-order valence-electron chi connectivity index (χ1n) is 8.50. The lowest BCUT2D eigenvalue weighted by Crippen LogP contribution is -2.22. The lowest BCUT2D eigenvalue weighted by Gasteiger charge is -2.17. The highest BCUT2D eigenvalue weighted by Gasteiger charge is 2.12. The van der Waals surface area contributed by atoms with E-state index >= 15 is 0 Å². The van der Waals surface area contributed by atoms with E-state index in [2.05, 4.69) is 14.9 Å². The van der Waals surface area contributed by atoms with E-state index in [1.807, 2.05) is 31.3 Å². The fourth-order valence-electron chi connectivity index (χ4n) is 2.98. The maximum Gasteiger partial charge on any atom is 0.258 e. The quantitative estimate of drug-likeness (QED) is 0.690. The lowest BCUT2D eigenvalue weighted by atomic mass is 10.2. The minimum absolute atomic E-state index is 0.203. The molecule has 1 heterocycles. The molecule has 0 aliphatic heterocycles. The van der Waals surface area contributed by atoms with E-state index in [0.29, 0.717) is 41.3 Å². The van der Waals surface area contributed by atoms with Crippen molar-refractivity contribution in [1.82, 2.24) is 14.9 Å². The Labute approximate surface area is 157 Å². The Balaban J connectivity index is 1.84. The predicted molar refractivity (Wildman–Crippen MR) is 104 cm³/mol. The van der Waals surface area contributed by atoms with Crippen molar-refractivity contribution in [2.75, 3.05) is 28.4 Å². The number of aromatic amines is 1. The maximum atomic E-state index is 12.5. The lowest BCUT2D eigenvalue weighted by molar-refractivity contribution is 0.310. The third-order valence-electron chi connectivity index (χ3n) is 4.27. The van der Waals surface area contributed by atoms with E-state index in [1.54, 1.807) is 26.4 Å². The molecule has 0 aliphatic rings. The van der Waals surface area contributed by atoms with E-state index in [1.165, 1.54) is 7.11 Å². The number of methoxy groups -OCH3 is 3. The molecule has 27 heavy (non-hydrogen) atoms. The average Bonchev–Trinajstić information content (AvgIpc) is 2.67. The molecule has 0 bridgehead atoms. The summed E-state index contributed by atoms with van der Waals surface area (Å²) in [6, 6.07) is 11.3. The standard InChI is InChI=1S/C20H23N3O4/c1-23(11-13-6-5-7-14(8-13)25-2)12-19-21-16-10-18(27-4)17(26-3)9-15(16)20(24)22-19/h5-10H,11-12H2,1-4H3,(H,21,22,24). The van der Waals surface area contributed by atoms with Crippen molar-refractivity contribution >= 4 is 10.9 Å². The van der Waals surface area contributed by atoms with E-state index in [-0.39, 0.29) is 5.56 Å². The van der Waals surface area contributed by atoms with Gasteiger partial charge in [-0.3, -0.25) is 9.69 Å². The van der Waals surface area contributed by atoms with Crippen molar-refractivity contribution in [1.29, 1.82) is 0 Å². The van der Waals surface area contributed by atoms with Gasteiger partial charge in [0.25, 0.3) is 5.56 Å². The van der Waals surface area contributed by atoms with Gasteiger partial charge in [0.15, 0.2) is 11.5 Å². The molecular weight excluding hydrogens is 346 g/mol. The van der Waals surface area contributed by atoms with Gasteiger partial charge in [-0.2, -0.15) is 0 Å². The first-order chi connectivity index (χ1) is 13.0. The van der Waals surface area contributed by atoms with Crippen LogP contribution in [0.15, 0.2) is 41.2 Å². The van der Waals surface area contributed by atoms with Gasteiger partial charge in [-0.15, -0.1) is 0 Å². The number of ether oxygens (including phenoxy) is 3. The summed E-state index contributed by atoms with van der Waals surface area (Å²) in [6.07, 6.45) is 0. The van der Waals surface area contributed by atoms with Gasteiger partial charge in [-0.05, 0) is 30.8 Å². The molecule has 2 aromatic carbocycles. The second-order valence-corrected chi connectivity index (χ2v) is 6.26. The summed E-state index contributed by atoms with van der Waals surface area (Å²) < 4.78 is 15.8. The molecule has 7 heteroatoms. The fourth-order valence-corrected chi connectivity index (χ4v) is 2.98. The molecule has 0 saturated heterocycles. The number of nitrogens with one attached hydrogen (secondary N) is 1. The van der Waals surface area contributed by atoms with Crippen molar-refractivity contribution in [3.8, 4) is 17.2 Å². The van der Waals surface area contributed by atoms with Crippen LogP contribution in [0, 0.1) is 0 Å². The molecule has 0 radical (unpaired) electrons. The molecule has 7 nitrogen and oxygen atoms in total. The largest absolute Gasteiger partial charge is 0.497 e. The van der Waals surface area contributed by atoms with Gasteiger partial charge in [-0.1, -0.05) is 12.1 Å². The monoisotopic (exact) mass is 369 g/mol. The predicted octanol–water partition coefficient (Wildman–Crippen LogP) is 2.58. The molecule has 1 aromatic heterocycles. The summed E-state index contributed by atoms with van der Waals surface area (Å²) in [5, 5.41) is 0.465. The number of nitrogens with zero attached hydrogens (tertiary/aromatic N) is 2. The van der Waals surface area contributed by atoms with Crippen molar-refractivity contribution < 1.29 is 14.2 Å². The van der Waals surface area contributed by atoms with Crippen LogP contribution < -0.4 is 19.8 Å². The zero-order valence-corrected chi connectivity index (χ0v) is 15.9. The molecule has 3 aromatic rings. The highest BCUT2D eigenvalue weighted by molar-refractivity contribution is 5.81. The van der Waals surface area contributed by atoms with Crippen LogP contribution in [0.3, 0.4) is 0 Å². The van der Waals surface area contributed by atoms with Crippen LogP contribution in [0.5, 0.6) is 17.2 Å². The summed E-state index contributed by atoms with van der Waals surface area (Å²) in [7, 11) is 6.71. The highest BCUT2D eigenvalue weighted by Crippen LogP contribution is 2.29. The number of rotatable bonds is 7. The Hall–Kier alpha value is -3.06. The van der Waals surface area contributed by atoms with Gasteiger partial charge >= 0.3 is 0 Å². The Morgan fingerprint density at radius 3 is 2.44 bits per heavy atom. The van der Waals surface area contributed by atoms with Crippen molar-refractivity contribution in [2.45, 2.75) is 13.1 Å². The van der Waals surface area contributed by atoms with E-state index in [4.69, 9.17) is 14.2 Å². The zero-order valence-electron chi connectivity index (χ0n) is 15.9. The van der Waals surface area contributed by atoms with Gasteiger partial charge in [-0.25, -0.2) is 4.98 Å². The molecule has 0 fully saturated rings. The molecule has 3 rings (SSSR count). The minimum Gasteiger partial charge on any atom is -0.497 e. The van der Waals surface area contributed by atoms with Crippen LogP contribution in [-0.4, -0.2) is 43.2 Å². The smallest absolute Gasteiger partial charge is 0.258 e.